The molecule has 0 unspecified atom stereocenters. The number of nitrogens with one attached hydrogen (secondary N) is 1. The number of para-hydroxylation sites is 1. The Morgan fingerprint density at radius 1 is 1.19 bits per heavy atom. The van der Waals surface area contributed by atoms with Crippen LogP contribution in [0, 0.1) is 6.92 Å². The molecule has 0 bridgehead atoms. The van der Waals surface area contributed by atoms with Crippen LogP contribution in [-0.4, -0.2) is 31.4 Å². The Morgan fingerprint density at radius 3 is 2.54 bits per heavy atom. The number of hydrogen-bond donors (Lipinski definition) is 2. The maximum absolute atomic E-state index is 12.7. The third-order valence-electron chi connectivity index (χ3n) is 4.18. The number of hydrogen-bond acceptors (Lipinski definition) is 5. The predicted molar refractivity (Wildman–Crippen MR) is 96.1 cm³/mol. The summed E-state index contributed by atoms with van der Waals surface area (Å²) in [4.78, 5) is 37.0. The smallest absolute Gasteiger partial charge is 0.280 e. The monoisotopic (exact) mass is 354 g/mol. The van der Waals surface area contributed by atoms with Gasteiger partial charge in [-0.3, -0.25) is 23.7 Å². The van der Waals surface area contributed by atoms with Crippen LogP contribution in [0.4, 0.5) is 5.69 Å². The molecule has 0 saturated heterocycles. The lowest BCUT2D eigenvalue weighted by atomic mass is 10.2. The second kappa shape index (κ2) is 6.43. The minimum Gasteiger partial charge on any atom is -0.364 e. The fourth-order valence-corrected chi connectivity index (χ4v) is 2.73. The Morgan fingerprint density at radius 2 is 1.88 bits per heavy atom. The van der Waals surface area contributed by atoms with Gasteiger partial charge in [-0.15, -0.1) is 0 Å². The minimum absolute atomic E-state index is 0.0741. The largest absolute Gasteiger partial charge is 0.364 e. The lowest BCUT2D eigenvalue weighted by Crippen LogP contribution is -2.28. The maximum Gasteiger partial charge on any atom is 0.280 e. The molecule has 2 heterocycles. The summed E-state index contributed by atoms with van der Waals surface area (Å²) < 4.78 is 3.00. The highest BCUT2D eigenvalue weighted by Gasteiger charge is 2.23. The minimum atomic E-state index is -0.776. The molecule has 26 heavy (non-hydrogen) atoms. The summed E-state index contributed by atoms with van der Waals surface area (Å²) in [7, 11) is 1.62. The van der Waals surface area contributed by atoms with Crippen LogP contribution in [0.15, 0.2) is 29.1 Å². The molecule has 0 aliphatic carbocycles. The van der Waals surface area contributed by atoms with Gasteiger partial charge in [0.25, 0.3) is 11.8 Å². The molecular formula is C17H18N6O3. The zero-order chi connectivity index (χ0) is 19.0. The summed E-state index contributed by atoms with van der Waals surface area (Å²) in [6.07, 6.45) is 0. The molecule has 0 atom stereocenters. The number of primary amides is 1. The average molecular weight is 354 g/mol. The molecule has 2 aromatic heterocycles. The van der Waals surface area contributed by atoms with Crippen LogP contribution in [0.3, 0.4) is 0 Å². The van der Waals surface area contributed by atoms with Crippen molar-refractivity contribution in [2.45, 2.75) is 20.4 Å². The van der Waals surface area contributed by atoms with E-state index in [1.807, 2.05) is 6.92 Å². The van der Waals surface area contributed by atoms with Crippen LogP contribution in [0.5, 0.6) is 0 Å². The second-order valence-corrected chi connectivity index (χ2v) is 5.76. The van der Waals surface area contributed by atoms with Gasteiger partial charge in [0.1, 0.15) is 0 Å². The highest BCUT2D eigenvalue weighted by atomic mass is 16.2. The van der Waals surface area contributed by atoms with Gasteiger partial charge in [0.15, 0.2) is 11.4 Å². The van der Waals surface area contributed by atoms with E-state index < -0.39 is 17.2 Å². The number of nitrogens with two attached hydrogens (primary N) is 1. The number of aryl methyl sites for hydroxylation is 2. The van der Waals surface area contributed by atoms with Crippen molar-refractivity contribution in [1.29, 1.82) is 0 Å². The normalized spacial score (nSPS) is 10.9. The molecule has 134 valence electrons. The van der Waals surface area contributed by atoms with E-state index in [0.29, 0.717) is 23.1 Å². The molecular weight excluding hydrogens is 336 g/mol. The van der Waals surface area contributed by atoms with Crippen LogP contribution < -0.4 is 16.5 Å². The quantitative estimate of drug-likeness (QED) is 0.717. The van der Waals surface area contributed by atoms with Gasteiger partial charge < -0.3 is 11.1 Å². The number of aromatic nitrogens is 4. The third kappa shape index (κ3) is 2.73. The van der Waals surface area contributed by atoms with Crippen molar-refractivity contribution in [3.8, 4) is 0 Å². The van der Waals surface area contributed by atoms with Gasteiger partial charge in [-0.2, -0.15) is 10.2 Å². The van der Waals surface area contributed by atoms with Gasteiger partial charge in [0, 0.05) is 19.0 Å². The Kier molecular flexibility index (Phi) is 4.29. The number of rotatable bonds is 4. The van der Waals surface area contributed by atoms with E-state index in [1.165, 1.54) is 4.68 Å². The van der Waals surface area contributed by atoms with Gasteiger partial charge in [-0.05, 0) is 26.0 Å². The van der Waals surface area contributed by atoms with Crippen molar-refractivity contribution in [2.75, 3.05) is 5.32 Å². The molecule has 0 saturated carbocycles. The molecule has 1 aromatic carbocycles. The van der Waals surface area contributed by atoms with Crippen LogP contribution >= 0.6 is 0 Å². The molecule has 0 aliphatic heterocycles. The third-order valence-corrected chi connectivity index (χ3v) is 4.18. The van der Waals surface area contributed by atoms with Crippen molar-refractivity contribution in [3.63, 3.8) is 0 Å². The molecule has 0 aliphatic rings. The van der Waals surface area contributed by atoms with Crippen molar-refractivity contribution >= 4 is 28.4 Å². The van der Waals surface area contributed by atoms with Gasteiger partial charge >= 0.3 is 0 Å². The first kappa shape index (κ1) is 17.3. The second-order valence-electron chi connectivity index (χ2n) is 5.76. The first-order valence-electron chi connectivity index (χ1n) is 7.99. The van der Waals surface area contributed by atoms with E-state index in [2.05, 4.69) is 15.5 Å². The fraction of sp³-hybridized carbons (Fsp3) is 0.235. The molecule has 9 nitrogen and oxygen atoms in total. The Labute approximate surface area is 148 Å². The van der Waals surface area contributed by atoms with Crippen molar-refractivity contribution in [2.24, 2.45) is 12.8 Å². The van der Waals surface area contributed by atoms with Gasteiger partial charge in [-0.1, -0.05) is 12.1 Å². The van der Waals surface area contributed by atoms with Crippen molar-refractivity contribution in [3.05, 3.63) is 51.6 Å². The summed E-state index contributed by atoms with van der Waals surface area (Å²) in [5.74, 6) is -1.50. The summed E-state index contributed by atoms with van der Waals surface area (Å²) in [6, 6.07) is 6.94. The Hall–Kier alpha value is -3.49. The molecule has 0 spiro atoms. The number of anilines is 1. The lowest BCUT2D eigenvalue weighted by molar-refractivity contribution is 0.0995. The van der Waals surface area contributed by atoms with E-state index in [4.69, 9.17) is 5.73 Å². The van der Waals surface area contributed by atoms with E-state index in [0.717, 1.165) is 0 Å². The molecule has 0 radical (unpaired) electrons. The summed E-state index contributed by atoms with van der Waals surface area (Å²) in [5, 5.41) is 11.1. The molecule has 3 rings (SSSR count). The highest BCUT2D eigenvalue weighted by molar-refractivity contribution is 6.08. The van der Waals surface area contributed by atoms with Crippen LogP contribution in [0.1, 0.15) is 33.6 Å². The SMILES string of the molecule is CCn1nc(C(=O)Nc2c(C(N)=O)nn(C)c2C)c(=O)c2ccccc21. The van der Waals surface area contributed by atoms with Crippen LogP contribution in [0.25, 0.3) is 10.9 Å². The molecule has 0 fully saturated rings. The maximum atomic E-state index is 12.7. The standard InChI is InChI=1S/C17H18N6O3/c1-4-23-11-8-6-5-7-10(11)15(24)14(21-23)17(26)19-12-9(2)22(3)20-13(12)16(18)25/h5-8H,4H2,1-3H3,(H2,18,25)(H,19,26). The number of fused-ring (bicyclic) bond motifs is 1. The van der Waals surface area contributed by atoms with E-state index in [9.17, 15) is 14.4 Å². The number of benzene rings is 1. The Balaban J connectivity index is 2.11. The van der Waals surface area contributed by atoms with Gasteiger partial charge in [0.05, 0.1) is 16.9 Å². The summed E-state index contributed by atoms with van der Waals surface area (Å²) in [5.41, 5.74) is 5.84. The number of carbonyl (C=O) groups excluding carboxylic acids is 2. The summed E-state index contributed by atoms with van der Waals surface area (Å²) in [6.45, 7) is 4.02. The van der Waals surface area contributed by atoms with E-state index in [1.54, 1.807) is 42.9 Å². The van der Waals surface area contributed by atoms with Crippen LogP contribution in [0.2, 0.25) is 0 Å². The first-order chi connectivity index (χ1) is 12.3. The fourth-order valence-electron chi connectivity index (χ4n) is 2.73. The average Bonchev–Trinajstić information content (AvgIpc) is 2.91. The number of carbonyl (C=O) groups is 2. The van der Waals surface area contributed by atoms with Crippen molar-refractivity contribution in [1.82, 2.24) is 19.6 Å². The van der Waals surface area contributed by atoms with E-state index >= 15 is 0 Å². The topological polar surface area (TPSA) is 125 Å². The molecule has 3 aromatic rings. The molecule has 9 heteroatoms. The molecule has 2 amide bonds. The first-order valence-corrected chi connectivity index (χ1v) is 7.99. The van der Waals surface area contributed by atoms with Crippen LogP contribution in [-0.2, 0) is 13.6 Å². The van der Waals surface area contributed by atoms with E-state index in [-0.39, 0.29) is 17.1 Å². The zero-order valence-corrected chi connectivity index (χ0v) is 14.6. The number of amides is 2. The predicted octanol–water partition coefficient (Wildman–Crippen LogP) is 0.810. The molecule has 3 N–H and O–H groups in total. The number of nitrogens with zero attached hydrogens (tertiary/aromatic N) is 4. The highest BCUT2D eigenvalue weighted by Crippen LogP contribution is 2.20. The van der Waals surface area contributed by atoms with Gasteiger partial charge in [0.2, 0.25) is 5.43 Å². The van der Waals surface area contributed by atoms with Crippen molar-refractivity contribution < 1.29 is 9.59 Å². The lowest BCUT2D eigenvalue weighted by Gasteiger charge is -2.10. The zero-order valence-electron chi connectivity index (χ0n) is 14.6. The summed E-state index contributed by atoms with van der Waals surface area (Å²) >= 11 is 0. The van der Waals surface area contributed by atoms with Gasteiger partial charge in [-0.25, -0.2) is 0 Å². The Bertz CT molecular complexity index is 1100.